The minimum absolute atomic E-state index is 0.0687. The van der Waals surface area contributed by atoms with Gasteiger partial charge in [0, 0.05) is 16.7 Å². The summed E-state index contributed by atoms with van der Waals surface area (Å²) in [5.41, 5.74) is 2.43. The number of benzene rings is 2. The third-order valence-electron chi connectivity index (χ3n) is 4.01. The van der Waals surface area contributed by atoms with Crippen LogP contribution in [0.5, 0.6) is 11.5 Å². The Labute approximate surface area is 140 Å². The Bertz CT molecular complexity index is 745. The standard InChI is InChI=1S/C18H18ClNO3/c1-11-9-15(17(22-2)10-14(11)19)20-18(21)13-7-8-23-16-6-4-3-5-12(13)16/h3-6,9-10,13H,7-8H2,1-2H3,(H,20,21). The minimum atomic E-state index is -0.236. The maximum Gasteiger partial charge on any atom is 0.232 e. The molecule has 0 bridgehead atoms. The summed E-state index contributed by atoms with van der Waals surface area (Å²) >= 11 is 6.11. The molecule has 0 saturated carbocycles. The Balaban J connectivity index is 1.87. The van der Waals surface area contributed by atoms with Gasteiger partial charge in [-0.25, -0.2) is 0 Å². The first-order chi connectivity index (χ1) is 11.1. The van der Waals surface area contributed by atoms with E-state index in [1.165, 1.54) is 0 Å². The van der Waals surface area contributed by atoms with E-state index in [9.17, 15) is 4.79 Å². The van der Waals surface area contributed by atoms with Crippen LogP contribution < -0.4 is 14.8 Å². The van der Waals surface area contributed by atoms with Gasteiger partial charge in [-0.05, 0) is 31.0 Å². The number of halogens is 1. The zero-order chi connectivity index (χ0) is 16.4. The van der Waals surface area contributed by atoms with Crippen molar-refractivity contribution in [3.63, 3.8) is 0 Å². The molecule has 1 atom stereocenters. The number of amides is 1. The fourth-order valence-corrected chi connectivity index (χ4v) is 2.92. The number of anilines is 1. The number of rotatable bonds is 3. The number of fused-ring (bicyclic) bond motifs is 1. The van der Waals surface area contributed by atoms with Crippen LogP contribution in [0.15, 0.2) is 36.4 Å². The fourth-order valence-electron chi connectivity index (χ4n) is 2.76. The zero-order valence-corrected chi connectivity index (χ0v) is 13.8. The Morgan fingerprint density at radius 3 is 2.91 bits per heavy atom. The number of hydrogen-bond donors (Lipinski definition) is 1. The third-order valence-corrected chi connectivity index (χ3v) is 4.42. The lowest BCUT2D eigenvalue weighted by Crippen LogP contribution is -2.26. The summed E-state index contributed by atoms with van der Waals surface area (Å²) in [4.78, 5) is 12.7. The van der Waals surface area contributed by atoms with Gasteiger partial charge in [-0.15, -0.1) is 0 Å². The van der Waals surface area contributed by atoms with E-state index in [4.69, 9.17) is 21.1 Å². The molecule has 1 amide bonds. The molecule has 1 N–H and O–H groups in total. The number of nitrogens with one attached hydrogen (secondary N) is 1. The van der Waals surface area contributed by atoms with Gasteiger partial charge >= 0.3 is 0 Å². The lowest BCUT2D eigenvalue weighted by Gasteiger charge is -2.25. The van der Waals surface area contributed by atoms with Crippen LogP contribution in [0.3, 0.4) is 0 Å². The molecule has 4 nitrogen and oxygen atoms in total. The molecule has 1 aliphatic rings. The second-order valence-corrected chi connectivity index (χ2v) is 5.93. The number of ether oxygens (including phenoxy) is 2. The largest absolute Gasteiger partial charge is 0.495 e. The second kappa shape index (κ2) is 6.50. The molecule has 0 spiro atoms. The normalized spacial score (nSPS) is 16.2. The van der Waals surface area contributed by atoms with Crippen molar-refractivity contribution in [2.24, 2.45) is 0 Å². The van der Waals surface area contributed by atoms with E-state index in [0.29, 0.717) is 29.5 Å². The molecule has 1 unspecified atom stereocenters. The number of para-hydroxylation sites is 1. The van der Waals surface area contributed by atoms with Crippen molar-refractivity contribution in [2.45, 2.75) is 19.3 Å². The highest BCUT2D eigenvalue weighted by molar-refractivity contribution is 6.31. The monoisotopic (exact) mass is 331 g/mol. The first kappa shape index (κ1) is 15.7. The smallest absolute Gasteiger partial charge is 0.232 e. The van der Waals surface area contributed by atoms with Crippen LogP contribution in [-0.2, 0) is 4.79 Å². The van der Waals surface area contributed by atoms with Crippen LogP contribution in [-0.4, -0.2) is 19.6 Å². The summed E-state index contributed by atoms with van der Waals surface area (Å²) in [5, 5.41) is 3.57. The average molecular weight is 332 g/mol. The SMILES string of the molecule is COc1cc(Cl)c(C)cc1NC(=O)C1CCOc2ccccc21. The molecule has 2 aromatic rings. The van der Waals surface area contributed by atoms with E-state index >= 15 is 0 Å². The number of carbonyl (C=O) groups excluding carboxylic acids is 1. The van der Waals surface area contributed by atoms with Gasteiger partial charge < -0.3 is 14.8 Å². The lowest BCUT2D eigenvalue weighted by molar-refractivity contribution is -0.118. The van der Waals surface area contributed by atoms with Crippen LogP contribution in [0.2, 0.25) is 5.02 Å². The van der Waals surface area contributed by atoms with Gasteiger partial charge in [0.15, 0.2) is 0 Å². The highest BCUT2D eigenvalue weighted by atomic mass is 35.5. The van der Waals surface area contributed by atoms with Crippen molar-refractivity contribution in [3.05, 3.63) is 52.5 Å². The molecule has 120 valence electrons. The Hall–Kier alpha value is -2.20. The number of methoxy groups -OCH3 is 1. The quantitative estimate of drug-likeness (QED) is 0.918. The Morgan fingerprint density at radius 1 is 1.35 bits per heavy atom. The Kier molecular flexibility index (Phi) is 4.44. The van der Waals surface area contributed by atoms with Crippen molar-refractivity contribution in [1.29, 1.82) is 0 Å². The summed E-state index contributed by atoms with van der Waals surface area (Å²) in [6, 6.07) is 11.2. The second-order valence-electron chi connectivity index (χ2n) is 5.52. The van der Waals surface area contributed by atoms with E-state index in [2.05, 4.69) is 5.32 Å². The predicted molar refractivity (Wildman–Crippen MR) is 90.7 cm³/mol. The summed E-state index contributed by atoms with van der Waals surface area (Å²) in [6.45, 7) is 2.42. The van der Waals surface area contributed by atoms with Gasteiger partial charge in [-0.2, -0.15) is 0 Å². The molecule has 0 fully saturated rings. The van der Waals surface area contributed by atoms with Gasteiger partial charge in [0.05, 0.1) is 25.3 Å². The minimum Gasteiger partial charge on any atom is -0.495 e. The maximum absolute atomic E-state index is 12.7. The highest BCUT2D eigenvalue weighted by Crippen LogP contribution is 2.36. The van der Waals surface area contributed by atoms with E-state index in [1.807, 2.05) is 37.3 Å². The van der Waals surface area contributed by atoms with Crippen LogP contribution >= 0.6 is 11.6 Å². The summed E-state index contributed by atoms with van der Waals surface area (Å²) in [6.07, 6.45) is 0.651. The maximum atomic E-state index is 12.7. The predicted octanol–water partition coefficient (Wildman–Crippen LogP) is 4.16. The van der Waals surface area contributed by atoms with E-state index in [1.54, 1.807) is 13.2 Å². The first-order valence-electron chi connectivity index (χ1n) is 7.47. The first-order valence-corrected chi connectivity index (χ1v) is 7.84. The molecular weight excluding hydrogens is 314 g/mol. The lowest BCUT2D eigenvalue weighted by atomic mass is 9.92. The van der Waals surface area contributed by atoms with Gasteiger partial charge in [-0.1, -0.05) is 29.8 Å². The van der Waals surface area contributed by atoms with Crippen LogP contribution in [0.4, 0.5) is 5.69 Å². The van der Waals surface area contributed by atoms with Crippen molar-refractivity contribution in [2.75, 3.05) is 19.0 Å². The zero-order valence-electron chi connectivity index (χ0n) is 13.1. The van der Waals surface area contributed by atoms with E-state index < -0.39 is 0 Å². The van der Waals surface area contributed by atoms with E-state index in [-0.39, 0.29) is 11.8 Å². The van der Waals surface area contributed by atoms with E-state index in [0.717, 1.165) is 16.9 Å². The molecule has 23 heavy (non-hydrogen) atoms. The van der Waals surface area contributed by atoms with Gasteiger partial charge in [0.2, 0.25) is 5.91 Å². The van der Waals surface area contributed by atoms with Crippen molar-refractivity contribution >= 4 is 23.2 Å². The number of aryl methyl sites for hydroxylation is 1. The molecule has 5 heteroatoms. The van der Waals surface area contributed by atoms with Gasteiger partial charge in [-0.3, -0.25) is 4.79 Å². The molecule has 3 rings (SSSR count). The Morgan fingerprint density at radius 2 is 2.13 bits per heavy atom. The van der Waals surface area contributed by atoms with Crippen LogP contribution in [0, 0.1) is 6.92 Å². The molecule has 2 aromatic carbocycles. The summed E-state index contributed by atoms with van der Waals surface area (Å²) < 4.78 is 10.9. The van der Waals surface area contributed by atoms with Crippen molar-refractivity contribution in [1.82, 2.24) is 0 Å². The topological polar surface area (TPSA) is 47.6 Å². The molecule has 0 radical (unpaired) electrons. The number of hydrogen-bond acceptors (Lipinski definition) is 3. The summed E-state index contributed by atoms with van der Waals surface area (Å²) in [5.74, 6) is 1.02. The molecule has 1 heterocycles. The average Bonchev–Trinajstić information content (AvgIpc) is 2.57. The highest BCUT2D eigenvalue weighted by Gasteiger charge is 2.28. The van der Waals surface area contributed by atoms with Crippen LogP contribution in [0.1, 0.15) is 23.5 Å². The fraction of sp³-hybridized carbons (Fsp3) is 0.278. The van der Waals surface area contributed by atoms with Crippen LogP contribution in [0.25, 0.3) is 0 Å². The molecule has 0 aliphatic carbocycles. The third kappa shape index (κ3) is 3.13. The molecule has 1 aliphatic heterocycles. The molecular formula is C18H18ClNO3. The molecule has 0 saturated heterocycles. The van der Waals surface area contributed by atoms with Gasteiger partial charge in [0.25, 0.3) is 0 Å². The number of carbonyl (C=O) groups is 1. The summed E-state index contributed by atoms with van der Waals surface area (Å²) in [7, 11) is 1.56. The van der Waals surface area contributed by atoms with Crippen molar-refractivity contribution < 1.29 is 14.3 Å². The van der Waals surface area contributed by atoms with Crippen molar-refractivity contribution in [3.8, 4) is 11.5 Å². The molecule has 0 aromatic heterocycles. The van der Waals surface area contributed by atoms with Gasteiger partial charge in [0.1, 0.15) is 11.5 Å².